The van der Waals surface area contributed by atoms with E-state index in [9.17, 15) is 21.6 Å². The van der Waals surface area contributed by atoms with E-state index in [2.05, 4.69) is 10.8 Å². The summed E-state index contributed by atoms with van der Waals surface area (Å²) in [6.45, 7) is 3.30. The fourth-order valence-corrected chi connectivity index (χ4v) is 7.40. The van der Waals surface area contributed by atoms with Crippen molar-refractivity contribution in [3.63, 3.8) is 0 Å². The largest absolute Gasteiger partial charge is 0.339 e. The van der Waals surface area contributed by atoms with Gasteiger partial charge in [0.1, 0.15) is 0 Å². The van der Waals surface area contributed by atoms with Crippen molar-refractivity contribution < 1.29 is 21.6 Å². The van der Waals surface area contributed by atoms with Gasteiger partial charge in [0.2, 0.25) is 20.0 Å². The number of benzene rings is 2. The Morgan fingerprint density at radius 2 is 1.57 bits per heavy atom. The molecule has 2 aromatic carbocycles. The fraction of sp³-hybridized carbons (Fsp3) is 0.462. The lowest BCUT2D eigenvalue weighted by molar-refractivity contribution is 0.0713. The molecule has 37 heavy (non-hydrogen) atoms. The highest BCUT2D eigenvalue weighted by atomic mass is 32.2. The maximum atomic E-state index is 13.2. The van der Waals surface area contributed by atoms with Gasteiger partial charge in [-0.3, -0.25) is 9.52 Å². The van der Waals surface area contributed by atoms with Crippen LogP contribution in [0.4, 0.5) is 5.69 Å². The van der Waals surface area contributed by atoms with Gasteiger partial charge in [-0.15, -0.1) is 0 Å². The molecule has 0 unspecified atom stereocenters. The fourth-order valence-electron chi connectivity index (χ4n) is 5.00. The number of nitrogens with one attached hydrogen (secondary N) is 1. The van der Waals surface area contributed by atoms with Crippen LogP contribution in [0.1, 0.15) is 58.6 Å². The van der Waals surface area contributed by atoms with E-state index in [4.69, 9.17) is 5.26 Å². The van der Waals surface area contributed by atoms with Gasteiger partial charge in [-0.2, -0.15) is 5.26 Å². The summed E-state index contributed by atoms with van der Waals surface area (Å²) in [5.74, 6) is 0.187. The third kappa shape index (κ3) is 6.32. The number of likely N-dealkylation sites (tertiary alicyclic amines) is 1. The van der Waals surface area contributed by atoms with E-state index < -0.39 is 25.3 Å². The van der Waals surface area contributed by atoms with Gasteiger partial charge in [0.15, 0.2) is 0 Å². The minimum Gasteiger partial charge on any atom is -0.339 e. The van der Waals surface area contributed by atoms with Crippen LogP contribution in [-0.2, 0) is 20.0 Å². The summed E-state index contributed by atoms with van der Waals surface area (Å²) < 4.78 is 53.6. The zero-order valence-corrected chi connectivity index (χ0v) is 22.7. The molecule has 9 nitrogen and oxygen atoms in total. The molecular formula is C26H32N4O5S2. The van der Waals surface area contributed by atoms with Crippen molar-refractivity contribution in [1.82, 2.24) is 9.21 Å². The maximum Gasteiger partial charge on any atom is 0.253 e. The molecular weight excluding hydrogens is 512 g/mol. The Kier molecular flexibility index (Phi) is 7.92. The number of hydrogen-bond donors (Lipinski definition) is 1. The Morgan fingerprint density at radius 3 is 2.14 bits per heavy atom. The summed E-state index contributed by atoms with van der Waals surface area (Å²) in [4.78, 5) is 15.0. The summed E-state index contributed by atoms with van der Waals surface area (Å²) in [5, 5.41) is 8.29. The Labute approximate surface area is 219 Å². The standard InChI is InChI=1S/C26H32N4O5S2/c1-19-3-6-23(17-25(19)28-37(34,35)24-11-15-30(16-12-24)36(2,32)33)26(31)29-13-9-22(10-14-29)21-7-4-20(18-27)5-8-21/h3-8,17,22,24,28H,9-16H2,1-2H3. The number of piperidine rings is 2. The Morgan fingerprint density at radius 1 is 0.946 bits per heavy atom. The molecule has 2 fully saturated rings. The molecule has 1 amide bonds. The van der Waals surface area contributed by atoms with E-state index in [-0.39, 0.29) is 31.8 Å². The first kappa shape index (κ1) is 27.1. The van der Waals surface area contributed by atoms with Crippen LogP contribution in [0, 0.1) is 18.3 Å². The summed E-state index contributed by atoms with van der Waals surface area (Å²) in [7, 11) is -7.10. The molecule has 0 aliphatic carbocycles. The normalized spacial score (nSPS) is 18.4. The lowest BCUT2D eigenvalue weighted by Crippen LogP contribution is -2.43. The molecule has 2 aliphatic rings. The van der Waals surface area contributed by atoms with Gasteiger partial charge in [0, 0.05) is 31.7 Å². The monoisotopic (exact) mass is 544 g/mol. The van der Waals surface area contributed by atoms with Gasteiger partial charge in [0.05, 0.1) is 28.8 Å². The van der Waals surface area contributed by atoms with Gasteiger partial charge in [0.25, 0.3) is 5.91 Å². The third-order valence-corrected chi connectivity index (χ3v) is 10.5. The predicted octanol–water partition coefficient (Wildman–Crippen LogP) is 3.05. The van der Waals surface area contributed by atoms with Gasteiger partial charge >= 0.3 is 0 Å². The molecule has 198 valence electrons. The maximum absolute atomic E-state index is 13.2. The molecule has 0 atom stereocenters. The lowest BCUT2D eigenvalue weighted by Gasteiger charge is -2.32. The second-order valence-electron chi connectivity index (χ2n) is 9.84. The first-order valence-electron chi connectivity index (χ1n) is 12.3. The third-order valence-electron chi connectivity index (χ3n) is 7.34. The SMILES string of the molecule is Cc1ccc(C(=O)N2CCC(c3ccc(C#N)cc3)CC2)cc1NS(=O)(=O)C1CCN(S(C)(=O)=O)CC1. The number of nitriles is 1. The average molecular weight is 545 g/mol. The molecule has 4 rings (SSSR count). The van der Waals surface area contributed by atoms with Crippen molar-refractivity contribution in [3.05, 3.63) is 64.7 Å². The highest BCUT2D eigenvalue weighted by molar-refractivity contribution is 7.93. The number of nitrogens with zero attached hydrogens (tertiary/aromatic N) is 3. The van der Waals surface area contributed by atoms with Gasteiger partial charge in [-0.05, 0) is 73.9 Å². The van der Waals surface area contributed by atoms with Crippen LogP contribution in [0.15, 0.2) is 42.5 Å². The van der Waals surface area contributed by atoms with Crippen LogP contribution in [0.5, 0.6) is 0 Å². The first-order chi connectivity index (χ1) is 17.5. The molecule has 11 heteroatoms. The number of sulfonamides is 2. The van der Waals surface area contributed by atoms with Crippen molar-refractivity contribution in [2.75, 3.05) is 37.2 Å². The van der Waals surface area contributed by atoms with Crippen LogP contribution in [0.3, 0.4) is 0 Å². The smallest absolute Gasteiger partial charge is 0.253 e. The van der Waals surface area contributed by atoms with Gasteiger partial charge in [-0.1, -0.05) is 18.2 Å². The van der Waals surface area contributed by atoms with Crippen LogP contribution in [-0.4, -0.2) is 69.6 Å². The first-order valence-corrected chi connectivity index (χ1v) is 15.7. The number of aryl methyl sites for hydroxylation is 1. The average Bonchev–Trinajstić information content (AvgIpc) is 2.89. The molecule has 2 aromatic rings. The number of amides is 1. The second-order valence-corrected chi connectivity index (χ2v) is 13.8. The van der Waals surface area contributed by atoms with E-state index in [0.29, 0.717) is 41.4 Å². The zero-order valence-electron chi connectivity index (χ0n) is 21.1. The zero-order chi connectivity index (χ0) is 26.8. The van der Waals surface area contributed by atoms with Crippen LogP contribution >= 0.6 is 0 Å². The second kappa shape index (κ2) is 10.8. The van der Waals surface area contributed by atoms with E-state index >= 15 is 0 Å². The van der Waals surface area contributed by atoms with E-state index in [1.54, 1.807) is 30.0 Å². The summed E-state index contributed by atoms with van der Waals surface area (Å²) >= 11 is 0. The summed E-state index contributed by atoms with van der Waals surface area (Å²) in [5.41, 5.74) is 3.28. The van der Waals surface area contributed by atoms with Crippen LogP contribution in [0.2, 0.25) is 0 Å². The molecule has 0 saturated carbocycles. The van der Waals surface area contributed by atoms with Gasteiger partial charge < -0.3 is 4.90 Å². The molecule has 2 aliphatic heterocycles. The predicted molar refractivity (Wildman–Crippen MR) is 142 cm³/mol. The molecule has 0 bridgehead atoms. The minimum absolute atomic E-state index is 0.139. The van der Waals surface area contributed by atoms with Crippen LogP contribution in [0.25, 0.3) is 0 Å². The van der Waals surface area contributed by atoms with E-state index in [1.807, 2.05) is 24.3 Å². The number of anilines is 1. The van der Waals surface area contributed by atoms with Crippen molar-refractivity contribution in [3.8, 4) is 6.07 Å². The van der Waals surface area contributed by atoms with Gasteiger partial charge in [-0.25, -0.2) is 21.1 Å². The Hall–Kier alpha value is -2.94. The van der Waals surface area contributed by atoms with E-state index in [1.165, 1.54) is 9.87 Å². The van der Waals surface area contributed by atoms with Crippen molar-refractivity contribution in [1.29, 1.82) is 5.26 Å². The Bertz CT molecular complexity index is 1400. The molecule has 0 aromatic heterocycles. The highest BCUT2D eigenvalue weighted by Gasteiger charge is 2.33. The number of hydrogen-bond acceptors (Lipinski definition) is 6. The summed E-state index contributed by atoms with van der Waals surface area (Å²) in [6.07, 6.45) is 3.19. The summed E-state index contributed by atoms with van der Waals surface area (Å²) in [6, 6.07) is 14.8. The highest BCUT2D eigenvalue weighted by Crippen LogP contribution is 2.30. The van der Waals surface area contributed by atoms with E-state index in [0.717, 1.165) is 19.1 Å². The topological polar surface area (TPSA) is 128 Å². The quantitative estimate of drug-likeness (QED) is 0.595. The lowest BCUT2D eigenvalue weighted by atomic mass is 9.89. The number of carbonyl (C=O) groups is 1. The number of carbonyl (C=O) groups excluding carboxylic acids is 1. The number of rotatable bonds is 6. The molecule has 0 spiro atoms. The molecule has 0 radical (unpaired) electrons. The molecule has 1 N–H and O–H groups in total. The van der Waals surface area contributed by atoms with Crippen molar-refractivity contribution in [2.24, 2.45) is 0 Å². The molecule has 2 heterocycles. The van der Waals surface area contributed by atoms with Crippen molar-refractivity contribution >= 4 is 31.6 Å². The minimum atomic E-state index is -3.75. The Balaban J connectivity index is 1.40. The molecule has 2 saturated heterocycles. The van der Waals surface area contributed by atoms with Crippen molar-refractivity contribution in [2.45, 2.75) is 43.8 Å². The van der Waals surface area contributed by atoms with Crippen LogP contribution < -0.4 is 4.72 Å².